The molecule has 3 unspecified atom stereocenters. The standard InChI is InChI=1S/C24H28FN3O/c1-16-4-6-18(7-5-16)21-14-28(15-23(21)27(2)3)24(29)22-12-19(13-26-22)17-8-10-20(25)11-9-17/h4-8,10-13,17,21,23,26H,9,14-15H2,1-3H3. The Labute approximate surface area is 171 Å². The second-order valence-corrected chi connectivity index (χ2v) is 8.40. The summed E-state index contributed by atoms with van der Waals surface area (Å²) in [6, 6.07) is 10.8. The smallest absolute Gasteiger partial charge is 0.270 e. The number of rotatable bonds is 4. The van der Waals surface area contributed by atoms with Gasteiger partial charge in [0, 0.05) is 37.2 Å². The lowest BCUT2D eigenvalue weighted by atomic mass is 9.93. The Morgan fingerprint density at radius 2 is 1.93 bits per heavy atom. The van der Waals surface area contributed by atoms with Gasteiger partial charge in [0.25, 0.3) is 5.91 Å². The Hall–Kier alpha value is -2.66. The molecule has 4 nitrogen and oxygen atoms in total. The van der Waals surface area contributed by atoms with Crippen LogP contribution in [0.4, 0.5) is 4.39 Å². The number of likely N-dealkylation sites (N-methyl/N-ethyl adjacent to an activating group) is 1. The molecule has 1 aliphatic heterocycles. The highest BCUT2D eigenvalue weighted by atomic mass is 19.1. The van der Waals surface area contributed by atoms with Crippen LogP contribution in [0.15, 0.2) is 60.6 Å². The first-order chi connectivity index (χ1) is 13.9. The van der Waals surface area contributed by atoms with E-state index in [0.29, 0.717) is 31.1 Å². The number of halogens is 1. The van der Waals surface area contributed by atoms with Crippen LogP contribution in [0, 0.1) is 6.92 Å². The van der Waals surface area contributed by atoms with Crippen LogP contribution < -0.4 is 0 Å². The Kier molecular flexibility index (Phi) is 5.41. The minimum Gasteiger partial charge on any atom is -0.357 e. The van der Waals surface area contributed by atoms with Gasteiger partial charge in [-0.05, 0) is 56.8 Å². The summed E-state index contributed by atoms with van der Waals surface area (Å²) in [6.45, 7) is 3.50. The van der Waals surface area contributed by atoms with Gasteiger partial charge < -0.3 is 14.8 Å². The van der Waals surface area contributed by atoms with E-state index in [9.17, 15) is 9.18 Å². The quantitative estimate of drug-likeness (QED) is 0.837. The topological polar surface area (TPSA) is 39.3 Å². The Morgan fingerprint density at radius 1 is 1.17 bits per heavy atom. The average Bonchev–Trinajstić information content (AvgIpc) is 3.37. The zero-order chi connectivity index (χ0) is 20.5. The molecule has 1 aromatic carbocycles. The second kappa shape index (κ2) is 7.99. The van der Waals surface area contributed by atoms with Crippen LogP contribution in [0.5, 0.6) is 0 Å². The maximum atomic E-state index is 13.2. The van der Waals surface area contributed by atoms with E-state index in [1.165, 1.54) is 17.2 Å². The first kappa shape index (κ1) is 19.6. The summed E-state index contributed by atoms with van der Waals surface area (Å²) in [7, 11) is 4.16. The molecule has 1 N–H and O–H groups in total. The van der Waals surface area contributed by atoms with Crippen LogP contribution in [0.2, 0.25) is 0 Å². The molecular weight excluding hydrogens is 365 g/mol. The monoisotopic (exact) mass is 393 g/mol. The molecule has 3 atom stereocenters. The predicted octanol–water partition coefficient (Wildman–Crippen LogP) is 4.39. The number of nitrogens with zero attached hydrogens (tertiary/aromatic N) is 2. The molecular formula is C24H28FN3O. The molecule has 2 heterocycles. The second-order valence-electron chi connectivity index (χ2n) is 8.40. The highest BCUT2D eigenvalue weighted by molar-refractivity contribution is 5.93. The number of hydrogen-bond acceptors (Lipinski definition) is 2. The van der Waals surface area contributed by atoms with Crippen molar-refractivity contribution in [3.05, 3.63) is 83.0 Å². The van der Waals surface area contributed by atoms with Crippen LogP contribution in [-0.2, 0) is 0 Å². The van der Waals surface area contributed by atoms with Gasteiger partial charge >= 0.3 is 0 Å². The van der Waals surface area contributed by atoms with Gasteiger partial charge in [-0.15, -0.1) is 0 Å². The SMILES string of the molecule is Cc1ccc(C2CN(C(=O)c3cc(C4C=CC(F)=CC4)c[nH]3)CC2N(C)C)cc1. The van der Waals surface area contributed by atoms with Crippen molar-refractivity contribution in [2.24, 2.45) is 0 Å². The van der Waals surface area contributed by atoms with Gasteiger partial charge in [-0.3, -0.25) is 4.79 Å². The van der Waals surface area contributed by atoms with E-state index >= 15 is 0 Å². The van der Waals surface area contributed by atoms with Crippen LogP contribution in [0.25, 0.3) is 0 Å². The van der Waals surface area contributed by atoms with E-state index in [0.717, 1.165) is 5.56 Å². The summed E-state index contributed by atoms with van der Waals surface area (Å²) >= 11 is 0. The molecule has 4 rings (SSSR count). The molecule has 2 aromatic rings. The molecule has 0 bridgehead atoms. The summed E-state index contributed by atoms with van der Waals surface area (Å²) < 4.78 is 13.2. The van der Waals surface area contributed by atoms with Crippen LogP contribution in [0.3, 0.4) is 0 Å². The molecule has 1 amide bonds. The van der Waals surface area contributed by atoms with Gasteiger partial charge in [-0.2, -0.15) is 0 Å². The fraction of sp³-hybridized carbons (Fsp3) is 0.375. The fourth-order valence-corrected chi connectivity index (χ4v) is 4.38. The van der Waals surface area contributed by atoms with E-state index in [4.69, 9.17) is 0 Å². The number of allylic oxidation sites excluding steroid dienone is 4. The van der Waals surface area contributed by atoms with E-state index < -0.39 is 0 Å². The summed E-state index contributed by atoms with van der Waals surface area (Å²) in [4.78, 5) is 20.5. The predicted molar refractivity (Wildman–Crippen MR) is 114 cm³/mol. The van der Waals surface area contributed by atoms with Crippen molar-refractivity contribution in [3.63, 3.8) is 0 Å². The molecule has 2 aliphatic rings. The molecule has 1 fully saturated rings. The lowest BCUT2D eigenvalue weighted by Gasteiger charge is -2.25. The molecule has 0 saturated carbocycles. The van der Waals surface area contributed by atoms with Crippen molar-refractivity contribution in [2.75, 3.05) is 27.2 Å². The average molecular weight is 394 g/mol. The lowest BCUT2D eigenvalue weighted by Crippen LogP contribution is -2.35. The zero-order valence-corrected chi connectivity index (χ0v) is 17.2. The number of aromatic nitrogens is 1. The first-order valence-electron chi connectivity index (χ1n) is 10.2. The summed E-state index contributed by atoms with van der Waals surface area (Å²) in [5.74, 6) is 0.236. The molecule has 1 saturated heterocycles. The number of aryl methyl sites for hydroxylation is 1. The normalized spacial score (nSPS) is 24.2. The number of aromatic amines is 1. The van der Waals surface area contributed by atoms with Gasteiger partial charge in [0.1, 0.15) is 11.5 Å². The highest BCUT2D eigenvalue weighted by Crippen LogP contribution is 2.32. The van der Waals surface area contributed by atoms with E-state index in [2.05, 4.69) is 55.2 Å². The van der Waals surface area contributed by atoms with Crippen LogP contribution in [0.1, 0.15) is 45.4 Å². The van der Waals surface area contributed by atoms with Gasteiger partial charge in [0.2, 0.25) is 0 Å². The molecule has 0 radical (unpaired) electrons. The minimum atomic E-state index is -0.193. The fourth-order valence-electron chi connectivity index (χ4n) is 4.38. The molecule has 29 heavy (non-hydrogen) atoms. The third-order valence-electron chi connectivity index (χ3n) is 6.16. The van der Waals surface area contributed by atoms with Gasteiger partial charge in [0.15, 0.2) is 0 Å². The summed E-state index contributed by atoms with van der Waals surface area (Å²) in [5, 5.41) is 0. The molecule has 152 valence electrons. The highest BCUT2D eigenvalue weighted by Gasteiger charge is 2.38. The number of nitrogens with one attached hydrogen (secondary N) is 1. The number of hydrogen-bond donors (Lipinski definition) is 1. The maximum Gasteiger partial charge on any atom is 0.270 e. The largest absolute Gasteiger partial charge is 0.357 e. The molecule has 0 spiro atoms. The molecule has 5 heteroatoms. The van der Waals surface area contributed by atoms with Crippen molar-refractivity contribution in [1.82, 2.24) is 14.8 Å². The Balaban J connectivity index is 1.50. The first-order valence-corrected chi connectivity index (χ1v) is 10.2. The van der Waals surface area contributed by atoms with E-state index in [1.54, 1.807) is 6.08 Å². The number of carbonyl (C=O) groups excluding carboxylic acids is 1. The summed E-state index contributed by atoms with van der Waals surface area (Å²) in [5.41, 5.74) is 4.14. The number of benzene rings is 1. The van der Waals surface area contributed by atoms with Gasteiger partial charge in [0.05, 0.1) is 0 Å². The zero-order valence-electron chi connectivity index (χ0n) is 17.2. The summed E-state index contributed by atoms with van der Waals surface area (Å²) in [6.07, 6.45) is 7.44. The van der Waals surface area contributed by atoms with Crippen molar-refractivity contribution in [2.45, 2.75) is 31.2 Å². The van der Waals surface area contributed by atoms with Crippen LogP contribution in [-0.4, -0.2) is 53.9 Å². The van der Waals surface area contributed by atoms with E-state index in [1.807, 2.05) is 23.2 Å². The molecule has 1 aliphatic carbocycles. The van der Waals surface area contributed by atoms with Gasteiger partial charge in [-0.1, -0.05) is 35.9 Å². The van der Waals surface area contributed by atoms with Crippen molar-refractivity contribution in [1.29, 1.82) is 0 Å². The Bertz CT molecular complexity index is 941. The third kappa shape index (κ3) is 4.06. The third-order valence-corrected chi connectivity index (χ3v) is 6.16. The number of amides is 1. The van der Waals surface area contributed by atoms with E-state index in [-0.39, 0.29) is 23.7 Å². The maximum absolute atomic E-state index is 13.2. The van der Waals surface area contributed by atoms with Crippen LogP contribution >= 0.6 is 0 Å². The molecule has 1 aromatic heterocycles. The number of H-pyrrole nitrogens is 1. The number of likely N-dealkylation sites (tertiary alicyclic amines) is 1. The van der Waals surface area contributed by atoms with Crippen molar-refractivity contribution >= 4 is 5.91 Å². The van der Waals surface area contributed by atoms with Crippen molar-refractivity contribution < 1.29 is 9.18 Å². The number of carbonyl (C=O) groups is 1. The van der Waals surface area contributed by atoms with Crippen molar-refractivity contribution in [3.8, 4) is 0 Å². The lowest BCUT2D eigenvalue weighted by molar-refractivity contribution is 0.0777. The van der Waals surface area contributed by atoms with Gasteiger partial charge in [-0.25, -0.2) is 4.39 Å². The minimum absolute atomic E-state index is 0.0271. The Morgan fingerprint density at radius 3 is 2.59 bits per heavy atom.